The molecule has 0 unspecified atom stereocenters. The van der Waals surface area contributed by atoms with E-state index in [9.17, 15) is 4.79 Å². The first-order chi connectivity index (χ1) is 12.6. The number of carbonyl (C=O) groups is 1. The third kappa shape index (κ3) is 3.93. The van der Waals surface area contributed by atoms with Crippen LogP contribution in [0.2, 0.25) is 0 Å². The van der Waals surface area contributed by atoms with Crippen molar-refractivity contribution in [3.05, 3.63) is 42.0 Å². The molecule has 7 heteroatoms. The molecule has 1 N–H and O–H groups in total. The van der Waals surface area contributed by atoms with E-state index < -0.39 is 0 Å². The molecule has 1 aliphatic rings. The molecule has 1 amide bonds. The molecule has 1 heterocycles. The van der Waals surface area contributed by atoms with Crippen molar-refractivity contribution < 1.29 is 28.5 Å². The first-order valence-electron chi connectivity index (χ1n) is 8.14. The molecular formula is C19H21NO6. The first kappa shape index (κ1) is 17.7. The number of rotatable bonds is 7. The molecule has 0 aliphatic carbocycles. The average Bonchev–Trinajstić information content (AvgIpc) is 3.13. The van der Waals surface area contributed by atoms with E-state index in [0.717, 1.165) is 5.56 Å². The van der Waals surface area contributed by atoms with Crippen molar-refractivity contribution in [1.29, 1.82) is 0 Å². The molecule has 26 heavy (non-hydrogen) atoms. The van der Waals surface area contributed by atoms with Crippen LogP contribution < -0.4 is 29.0 Å². The molecule has 0 aromatic heterocycles. The molecule has 138 valence electrons. The van der Waals surface area contributed by atoms with Crippen molar-refractivity contribution in [3.8, 4) is 28.7 Å². The number of hydrogen-bond acceptors (Lipinski definition) is 6. The van der Waals surface area contributed by atoms with Crippen LogP contribution in [0.1, 0.15) is 18.5 Å². The molecule has 3 rings (SSSR count). The fourth-order valence-electron chi connectivity index (χ4n) is 2.65. The van der Waals surface area contributed by atoms with Crippen LogP contribution in [0.4, 0.5) is 0 Å². The zero-order valence-electron chi connectivity index (χ0n) is 14.9. The average molecular weight is 359 g/mol. The summed E-state index contributed by atoms with van der Waals surface area (Å²) in [5, 5.41) is 2.89. The van der Waals surface area contributed by atoms with Crippen molar-refractivity contribution in [2.45, 2.75) is 13.0 Å². The molecule has 0 fully saturated rings. The zero-order chi connectivity index (χ0) is 18.5. The number of methoxy groups -OCH3 is 2. The van der Waals surface area contributed by atoms with E-state index in [4.69, 9.17) is 23.7 Å². The Labute approximate surface area is 151 Å². The van der Waals surface area contributed by atoms with E-state index in [1.807, 2.05) is 13.0 Å². The Morgan fingerprint density at radius 3 is 2.62 bits per heavy atom. The number of carbonyl (C=O) groups excluding carboxylic acids is 1. The van der Waals surface area contributed by atoms with Gasteiger partial charge in [0, 0.05) is 11.6 Å². The lowest BCUT2D eigenvalue weighted by Crippen LogP contribution is -2.31. The van der Waals surface area contributed by atoms with Crippen LogP contribution >= 0.6 is 0 Å². The second kappa shape index (κ2) is 7.86. The van der Waals surface area contributed by atoms with Crippen LogP contribution in [0.15, 0.2) is 36.4 Å². The fourth-order valence-corrected chi connectivity index (χ4v) is 2.65. The van der Waals surface area contributed by atoms with Crippen LogP contribution in [0.5, 0.6) is 28.7 Å². The standard InChI is InChI=1S/C19H21NO6/c1-12(15-8-13(22-2)4-6-16(15)23-3)20-19(21)10-24-14-5-7-17-18(9-14)26-11-25-17/h4-9,12H,10-11H2,1-3H3,(H,20,21)/t12-/m1/s1. The molecule has 0 spiro atoms. The number of benzene rings is 2. The highest BCUT2D eigenvalue weighted by atomic mass is 16.7. The van der Waals surface area contributed by atoms with E-state index >= 15 is 0 Å². The maximum absolute atomic E-state index is 12.2. The monoisotopic (exact) mass is 359 g/mol. The predicted molar refractivity (Wildman–Crippen MR) is 94.2 cm³/mol. The minimum absolute atomic E-state index is 0.115. The van der Waals surface area contributed by atoms with Gasteiger partial charge < -0.3 is 29.0 Å². The number of amides is 1. The van der Waals surface area contributed by atoms with Gasteiger partial charge in [-0.25, -0.2) is 0 Å². The minimum atomic E-state index is -0.270. The molecule has 2 aromatic rings. The van der Waals surface area contributed by atoms with Gasteiger partial charge in [-0.1, -0.05) is 0 Å². The molecular weight excluding hydrogens is 338 g/mol. The van der Waals surface area contributed by atoms with Crippen LogP contribution in [0.25, 0.3) is 0 Å². The third-order valence-corrected chi connectivity index (χ3v) is 3.99. The first-order valence-corrected chi connectivity index (χ1v) is 8.14. The van der Waals surface area contributed by atoms with Crippen molar-refractivity contribution in [2.24, 2.45) is 0 Å². The van der Waals surface area contributed by atoms with Gasteiger partial charge in [-0.15, -0.1) is 0 Å². The van der Waals surface area contributed by atoms with Gasteiger partial charge in [0.15, 0.2) is 18.1 Å². The van der Waals surface area contributed by atoms with Gasteiger partial charge in [0.2, 0.25) is 6.79 Å². The Bertz CT molecular complexity index is 792. The van der Waals surface area contributed by atoms with Gasteiger partial charge in [-0.05, 0) is 37.3 Å². The summed E-state index contributed by atoms with van der Waals surface area (Å²) in [5.41, 5.74) is 0.822. The summed E-state index contributed by atoms with van der Waals surface area (Å²) < 4.78 is 26.6. The van der Waals surface area contributed by atoms with Gasteiger partial charge in [-0.3, -0.25) is 4.79 Å². The number of ether oxygens (including phenoxy) is 5. The Kier molecular flexibility index (Phi) is 5.36. The van der Waals surface area contributed by atoms with Gasteiger partial charge in [0.25, 0.3) is 5.91 Å². The quantitative estimate of drug-likeness (QED) is 0.819. The van der Waals surface area contributed by atoms with Crippen molar-refractivity contribution in [1.82, 2.24) is 5.32 Å². The number of fused-ring (bicyclic) bond motifs is 1. The fraction of sp³-hybridized carbons (Fsp3) is 0.316. The SMILES string of the molecule is COc1ccc(OC)c([C@@H](C)NC(=O)COc2ccc3c(c2)OCO3)c1. The highest BCUT2D eigenvalue weighted by Gasteiger charge is 2.17. The third-order valence-electron chi connectivity index (χ3n) is 3.99. The molecule has 0 saturated carbocycles. The lowest BCUT2D eigenvalue weighted by Gasteiger charge is -2.18. The van der Waals surface area contributed by atoms with Gasteiger partial charge in [0.1, 0.15) is 17.2 Å². The molecule has 1 atom stereocenters. The van der Waals surface area contributed by atoms with Crippen LogP contribution in [-0.2, 0) is 4.79 Å². The summed E-state index contributed by atoms with van der Waals surface area (Å²) in [4.78, 5) is 12.2. The second-order valence-electron chi connectivity index (χ2n) is 5.70. The Balaban J connectivity index is 1.59. The zero-order valence-corrected chi connectivity index (χ0v) is 14.9. The molecule has 0 saturated heterocycles. The number of hydrogen-bond donors (Lipinski definition) is 1. The van der Waals surface area contributed by atoms with Crippen LogP contribution in [-0.4, -0.2) is 33.5 Å². The largest absolute Gasteiger partial charge is 0.497 e. The Morgan fingerprint density at radius 1 is 1.08 bits per heavy atom. The highest BCUT2D eigenvalue weighted by molar-refractivity contribution is 5.78. The predicted octanol–water partition coefficient (Wildman–Crippen LogP) is 2.69. The van der Waals surface area contributed by atoms with E-state index in [-0.39, 0.29) is 25.3 Å². The lowest BCUT2D eigenvalue weighted by atomic mass is 10.1. The summed E-state index contributed by atoms with van der Waals surface area (Å²) in [6.07, 6.45) is 0. The van der Waals surface area contributed by atoms with E-state index in [1.165, 1.54) is 0 Å². The second-order valence-corrected chi connectivity index (χ2v) is 5.70. The summed E-state index contributed by atoms with van der Waals surface area (Å²) >= 11 is 0. The lowest BCUT2D eigenvalue weighted by molar-refractivity contribution is -0.123. The highest BCUT2D eigenvalue weighted by Crippen LogP contribution is 2.35. The minimum Gasteiger partial charge on any atom is -0.497 e. The smallest absolute Gasteiger partial charge is 0.258 e. The summed E-state index contributed by atoms with van der Waals surface area (Å²) in [6, 6.07) is 10.4. The molecule has 0 radical (unpaired) electrons. The maximum Gasteiger partial charge on any atom is 0.258 e. The normalized spacial score (nSPS) is 13.0. The van der Waals surface area contributed by atoms with Crippen molar-refractivity contribution >= 4 is 5.91 Å². The molecule has 2 aromatic carbocycles. The van der Waals surface area contributed by atoms with Crippen molar-refractivity contribution in [2.75, 3.05) is 27.6 Å². The van der Waals surface area contributed by atoms with E-state index in [0.29, 0.717) is 28.7 Å². The van der Waals surface area contributed by atoms with Gasteiger partial charge >= 0.3 is 0 Å². The number of nitrogens with one attached hydrogen (secondary N) is 1. The topological polar surface area (TPSA) is 75.3 Å². The van der Waals surface area contributed by atoms with Gasteiger partial charge in [0.05, 0.1) is 20.3 Å². The Hall–Kier alpha value is -3.09. The van der Waals surface area contributed by atoms with Crippen LogP contribution in [0.3, 0.4) is 0 Å². The summed E-state index contributed by atoms with van der Waals surface area (Å²) in [5.74, 6) is 2.93. The summed E-state index contributed by atoms with van der Waals surface area (Å²) in [6.45, 7) is 1.95. The van der Waals surface area contributed by atoms with Crippen molar-refractivity contribution in [3.63, 3.8) is 0 Å². The summed E-state index contributed by atoms with van der Waals surface area (Å²) in [7, 11) is 3.18. The van der Waals surface area contributed by atoms with Crippen LogP contribution in [0, 0.1) is 0 Å². The van der Waals surface area contributed by atoms with E-state index in [2.05, 4.69) is 5.32 Å². The molecule has 7 nitrogen and oxygen atoms in total. The van der Waals surface area contributed by atoms with E-state index in [1.54, 1.807) is 44.6 Å². The molecule has 1 aliphatic heterocycles. The maximum atomic E-state index is 12.2. The van der Waals surface area contributed by atoms with Gasteiger partial charge in [-0.2, -0.15) is 0 Å². The Morgan fingerprint density at radius 2 is 1.85 bits per heavy atom. The molecule has 0 bridgehead atoms.